The highest BCUT2D eigenvalue weighted by Crippen LogP contribution is 2.22. The molecule has 0 radical (unpaired) electrons. The molecule has 6 nitrogen and oxygen atoms in total. The summed E-state index contributed by atoms with van der Waals surface area (Å²) < 4.78 is 1.86. The van der Waals surface area contributed by atoms with Crippen molar-refractivity contribution >= 4 is 16.6 Å². The van der Waals surface area contributed by atoms with Gasteiger partial charge < -0.3 is 0 Å². The average molecular weight is 254 g/mol. The number of pyridine rings is 2. The second-order valence-electron chi connectivity index (χ2n) is 4.21. The van der Waals surface area contributed by atoms with Crippen LogP contribution in [-0.2, 0) is 0 Å². The minimum absolute atomic E-state index is 0.0262. The second-order valence-corrected chi connectivity index (χ2v) is 4.21. The van der Waals surface area contributed by atoms with E-state index in [2.05, 4.69) is 9.97 Å². The van der Waals surface area contributed by atoms with Crippen LogP contribution in [0.3, 0.4) is 0 Å². The van der Waals surface area contributed by atoms with Crippen molar-refractivity contribution < 1.29 is 4.92 Å². The van der Waals surface area contributed by atoms with Crippen LogP contribution in [0.2, 0.25) is 0 Å². The summed E-state index contributed by atoms with van der Waals surface area (Å²) in [6, 6.07) is 5.56. The number of nitro groups is 1. The van der Waals surface area contributed by atoms with E-state index >= 15 is 0 Å². The lowest BCUT2D eigenvalue weighted by Gasteiger charge is -2.05. The molecule has 0 aliphatic heterocycles. The molecule has 0 amide bonds. The zero-order valence-corrected chi connectivity index (χ0v) is 10.1. The van der Waals surface area contributed by atoms with Crippen LogP contribution in [0.1, 0.15) is 5.56 Å². The maximum Gasteiger partial charge on any atom is 0.290 e. The summed E-state index contributed by atoms with van der Waals surface area (Å²) in [6.07, 6.45) is 6.63. The van der Waals surface area contributed by atoms with Gasteiger partial charge in [-0.15, -0.1) is 0 Å². The van der Waals surface area contributed by atoms with E-state index in [1.807, 2.05) is 22.9 Å². The highest BCUT2D eigenvalue weighted by atomic mass is 16.6. The smallest absolute Gasteiger partial charge is 0.290 e. The molecule has 3 rings (SSSR count). The van der Waals surface area contributed by atoms with Gasteiger partial charge >= 0.3 is 0 Å². The van der Waals surface area contributed by atoms with E-state index < -0.39 is 4.92 Å². The van der Waals surface area contributed by atoms with Crippen LogP contribution in [-0.4, -0.2) is 19.5 Å². The molecule has 6 heteroatoms. The molecule has 0 bridgehead atoms. The molecule has 0 saturated carbocycles. The highest BCUT2D eigenvalue weighted by Gasteiger charge is 2.13. The predicted molar refractivity (Wildman–Crippen MR) is 70.3 cm³/mol. The molecule has 0 spiro atoms. The molecular formula is C13H10N4O2. The molecule has 0 N–H and O–H groups in total. The SMILES string of the molecule is Cc1cc(-n2ccc3ccncc32)ncc1[N+](=O)[O-]. The number of hydrogen-bond donors (Lipinski definition) is 0. The topological polar surface area (TPSA) is 73.8 Å². The van der Waals surface area contributed by atoms with Crippen molar-refractivity contribution in [2.75, 3.05) is 0 Å². The van der Waals surface area contributed by atoms with Crippen LogP contribution in [0.15, 0.2) is 43.0 Å². The fourth-order valence-electron chi connectivity index (χ4n) is 2.03. The number of nitrogens with zero attached hydrogens (tertiary/aromatic N) is 4. The van der Waals surface area contributed by atoms with Crippen LogP contribution < -0.4 is 0 Å². The van der Waals surface area contributed by atoms with E-state index in [0.29, 0.717) is 11.4 Å². The largest absolute Gasteiger partial charge is 0.300 e. The zero-order valence-electron chi connectivity index (χ0n) is 10.1. The van der Waals surface area contributed by atoms with Crippen molar-refractivity contribution in [1.82, 2.24) is 14.5 Å². The van der Waals surface area contributed by atoms with Crippen LogP contribution in [0.5, 0.6) is 0 Å². The molecule has 0 fully saturated rings. The van der Waals surface area contributed by atoms with Gasteiger partial charge in [-0.3, -0.25) is 19.7 Å². The molecule has 0 atom stereocenters. The van der Waals surface area contributed by atoms with Gasteiger partial charge in [-0.25, -0.2) is 4.98 Å². The van der Waals surface area contributed by atoms with E-state index in [9.17, 15) is 10.1 Å². The fourth-order valence-corrected chi connectivity index (χ4v) is 2.03. The third-order valence-corrected chi connectivity index (χ3v) is 3.01. The molecule has 0 aliphatic carbocycles. The van der Waals surface area contributed by atoms with Gasteiger partial charge in [0.05, 0.1) is 16.6 Å². The first-order valence-corrected chi connectivity index (χ1v) is 5.69. The lowest BCUT2D eigenvalue weighted by atomic mass is 10.2. The molecule has 0 aliphatic rings. The summed E-state index contributed by atoms with van der Waals surface area (Å²) in [7, 11) is 0. The van der Waals surface area contributed by atoms with Gasteiger partial charge in [0.15, 0.2) is 0 Å². The summed E-state index contributed by atoms with van der Waals surface area (Å²) in [5.41, 5.74) is 1.53. The Balaban J connectivity index is 2.17. The zero-order chi connectivity index (χ0) is 13.4. The summed E-state index contributed by atoms with van der Waals surface area (Å²) >= 11 is 0. The third-order valence-electron chi connectivity index (χ3n) is 3.01. The van der Waals surface area contributed by atoms with Crippen molar-refractivity contribution in [3.05, 3.63) is 58.7 Å². The molecular weight excluding hydrogens is 244 g/mol. The van der Waals surface area contributed by atoms with Crippen molar-refractivity contribution in [3.8, 4) is 5.82 Å². The Morgan fingerprint density at radius 2 is 2.16 bits per heavy atom. The normalized spacial score (nSPS) is 10.8. The number of hydrogen-bond acceptors (Lipinski definition) is 4. The second kappa shape index (κ2) is 4.16. The Labute approximate surface area is 108 Å². The van der Waals surface area contributed by atoms with Gasteiger partial charge in [0, 0.05) is 23.3 Å². The first kappa shape index (κ1) is 11.3. The van der Waals surface area contributed by atoms with Crippen molar-refractivity contribution in [3.63, 3.8) is 0 Å². The average Bonchev–Trinajstić information content (AvgIpc) is 2.82. The summed E-state index contributed by atoms with van der Waals surface area (Å²) in [5, 5.41) is 11.8. The standard InChI is InChI=1S/C13H10N4O2/c1-9-6-13(15-8-11(9)17(18)19)16-5-3-10-2-4-14-7-12(10)16/h2-8H,1H3. The predicted octanol–water partition coefficient (Wildman–Crippen LogP) is 2.64. The molecule has 0 aromatic carbocycles. The van der Waals surface area contributed by atoms with Crippen LogP contribution in [0, 0.1) is 17.0 Å². The van der Waals surface area contributed by atoms with Gasteiger partial charge in [0.1, 0.15) is 12.0 Å². The summed E-state index contributed by atoms with van der Waals surface area (Å²) in [5.74, 6) is 0.645. The van der Waals surface area contributed by atoms with E-state index in [1.165, 1.54) is 6.20 Å². The van der Waals surface area contributed by atoms with Crippen molar-refractivity contribution in [2.45, 2.75) is 6.92 Å². The quantitative estimate of drug-likeness (QED) is 0.520. The van der Waals surface area contributed by atoms with Crippen LogP contribution in [0.25, 0.3) is 16.7 Å². The summed E-state index contributed by atoms with van der Waals surface area (Å²) in [4.78, 5) is 18.6. The molecule has 3 aromatic heterocycles. The highest BCUT2D eigenvalue weighted by molar-refractivity contribution is 5.80. The van der Waals surface area contributed by atoms with Gasteiger partial charge in [0.2, 0.25) is 0 Å². The Bertz CT molecular complexity index is 779. The van der Waals surface area contributed by atoms with Crippen LogP contribution in [0.4, 0.5) is 5.69 Å². The Kier molecular flexibility index (Phi) is 2.49. The van der Waals surface area contributed by atoms with Gasteiger partial charge in [0.25, 0.3) is 5.69 Å². The Morgan fingerprint density at radius 3 is 2.89 bits per heavy atom. The van der Waals surface area contributed by atoms with Crippen molar-refractivity contribution in [2.24, 2.45) is 0 Å². The number of aromatic nitrogens is 3. The number of fused-ring (bicyclic) bond motifs is 1. The first-order valence-electron chi connectivity index (χ1n) is 5.69. The van der Waals surface area contributed by atoms with Crippen molar-refractivity contribution in [1.29, 1.82) is 0 Å². The first-order chi connectivity index (χ1) is 9.16. The monoisotopic (exact) mass is 254 g/mol. The Hall–Kier alpha value is -2.76. The molecule has 0 saturated heterocycles. The Morgan fingerprint density at radius 1 is 1.32 bits per heavy atom. The molecule has 19 heavy (non-hydrogen) atoms. The van der Waals surface area contributed by atoms with Gasteiger partial charge in [-0.2, -0.15) is 0 Å². The van der Waals surface area contributed by atoms with E-state index in [4.69, 9.17) is 0 Å². The van der Waals surface area contributed by atoms with Gasteiger partial charge in [-0.1, -0.05) is 0 Å². The lowest BCUT2D eigenvalue weighted by molar-refractivity contribution is -0.385. The molecule has 0 unspecified atom stereocenters. The molecule has 3 aromatic rings. The van der Waals surface area contributed by atoms with Gasteiger partial charge in [-0.05, 0) is 25.1 Å². The molecule has 94 valence electrons. The minimum Gasteiger partial charge on any atom is -0.300 e. The number of rotatable bonds is 2. The molecule has 3 heterocycles. The fraction of sp³-hybridized carbons (Fsp3) is 0.0769. The minimum atomic E-state index is -0.429. The van der Waals surface area contributed by atoms with E-state index in [1.54, 1.807) is 25.4 Å². The lowest BCUT2D eigenvalue weighted by Crippen LogP contribution is -1.99. The van der Waals surface area contributed by atoms with Crippen LogP contribution >= 0.6 is 0 Å². The van der Waals surface area contributed by atoms with E-state index in [0.717, 1.165) is 10.9 Å². The van der Waals surface area contributed by atoms with E-state index in [-0.39, 0.29) is 5.69 Å². The third kappa shape index (κ3) is 1.83. The number of aryl methyl sites for hydroxylation is 1. The summed E-state index contributed by atoms with van der Waals surface area (Å²) in [6.45, 7) is 1.70. The maximum atomic E-state index is 10.8. The maximum absolute atomic E-state index is 10.8.